The van der Waals surface area contributed by atoms with Crippen LogP contribution in [-0.2, 0) is 16.6 Å². The lowest BCUT2D eigenvalue weighted by Crippen LogP contribution is -2.48. The van der Waals surface area contributed by atoms with Crippen LogP contribution in [0.25, 0.3) is 0 Å². The number of piperazine rings is 1. The Hall–Kier alpha value is -1.77. The number of nitrogens with zero attached hydrogens (tertiary/aromatic N) is 4. The van der Waals surface area contributed by atoms with Gasteiger partial charge < -0.3 is 4.52 Å². The van der Waals surface area contributed by atoms with Crippen molar-refractivity contribution in [1.29, 1.82) is 0 Å². The third-order valence-electron chi connectivity index (χ3n) is 5.79. The van der Waals surface area contributed by atoms with Gasteiger partial charge in [0.2, 0.25) is 15.9 Å². The second kappa shape index (κ2) is 7.33. The van der Waals surface area contributed by atoms with Gasteiger partial charge in [0.25, 0.3) is 0 Å². The lowest BCUT2D eigenvalue weighted by molar-refractivity contribution is 0.163. The Morgan fingerprint density at radius 1 is 0.852 bits per heavy atom. The molecule has 148 valence electrons. The van der Waals surface area contributed by atoms with Crippen LogP contribution in [0.1, 0.15) is 39.5 Å². The van der Waals surface area contributed by atoms with E-state index < -0.39 is 10.0 Å². The second-order valence-electron chi connectivity index (χ2n) is 7.37. The quantitative estimate of drug-likeness (QED) is 0.795. The zero-order valence-corrected chi connectivity index (χ0v) is 17.8. The summed E-state index contributed by atoms with van der Waals surface area (Å²) >= 11 is 0. The lowest BCUT2D eigenvalue weighted by Gasteiger charge is -2.34. The summed E-state index contributed by atoms with van der Waals surface area (Å²) in [4.78, 5) is 6.84. The molecule has 0 amide bonds. The van der Waals surface area contributed by atoms with Crippen LogP contribution in [0, 0.1) is 41.5 Å². The van der Waals surface area contributed by atoms with Crippen LogP contribution in [0.3, 0.4) is 0 Å². The number of benzene rings is 1. The highest BCUT2D eigenvalue weighted by molar-refractivity contribution is 7.89. The number of hydrogen-bond acceptors (Lipinski definition) is 6. The van der Waals surface area contributed by atoms with Gasteiger partial charge >= 0.3 is 0 Å². The third-order valence-corrected chi connectivity index (χ3v) is 7.96. The summed E-state index contributed by atoms with van der Waals surface area (Å²) in [5, 5.41) is 3.80. The first-order valence-corrected chi connectivity index (χ1v) is 10.7. The molecule has 0 aliphatic carbocycles. The first-order valence-electron chi connectivity index (χ1n) is 9.21. The van der Waals surface area contributed by atoms with Gasteiger partial charge in [-0.3, -0.25) is 4.90 Å². The van der Waals surface area contributed by atoms with Crippen LogP contribution in [0.4, 0.5) is 0 Å². The van der Waals surface area contributed by atoms with E-state index >= 15 is 0 Å². The topological polar surface area (TPSA) is 79.5 Å². The number of aromatic nitrogens is 2. The Bertz CT molecular complexity index is 929. The standard InChI is InChI=1S/C19H28N4O3S/c1-12-13(2)15(4)19(16(5)14(12)3)27(24,25)23-9-7-22(8-10-23)11-18-20-17(6)21-26-18/h7-11H2,1-6H3. The number of sulfonamides is 1. The Kier molecular flexibility index (Phi) is 5.42. The zero-order valence-electron chi connectivity index (χ0n) is 17.0. The van der Waals surface area contributed by atoms with Crippen molar-refractivity contribution < 1.29 is 12.9 Å². The second-order valence-corrected chi connectivity index (χ2v) is 9.24. The molecule has 0 radical (unpaired) electrons. The fourth-order valence-corrected chi connectivity index (χ4v) is 5.69. The van der Waals surface area contributed by atoms with Gasteiger partial charge in [-0.1, -0.05) is 5.16 Å². The molecule has 1 aromatic carbocycles. The highest BCUT2D eigenvalue weighted by Crippen LogP contribution is 2.32. The molecule has 2 aromatic rings. The molecule has 0 unspecified atom stereocenters. The number of hydrogen-bond donors (Lipinski definition) is 0. The van der Waals surface area contributed by atoms with Gasteiger partial charge in [0.05, 0.1) is 11.4 Å². The van der Waals surface area contributed by atoms with Crippen molar-refractivity contribution in [2.24, 2.45) is 0 Å². The summed E-state index contributed by atoms with van der Waals surface area (Å²) in [7, 11) is -3.52. The van der Waals surface area contributed by atoms with Crippen molar-refractivity contribution in [3.05, 3.63) is 39.5 Å². The van der Waals surface area contributed by atoms with Crippen molar-refractivity contribution in [2.75, 3.05) is 26.2 Å². The molecule has 0 atom stereocenters. The normalized spacial score (nSPS) is 16.8. The first-order chi connectivity index (χ1) is 12.6. The van der Waals surface area contributed by atoms with Gasteiger partial charge in [0.1, 0.15) is 0 Å². The summed E-state index contributed by atoms with van der Waals surface area (Å²) < 4.78 is 33.5. The average molecular weight is 393 g/mol. The van der Waals surface area contributed by atoms with E-state index in [1.807, 2.05) is 27.7 Å². The Balaban J connectivity index is 1.80. The van der Waals surface area contributed by atoms with Crippen molar-refractivity contribution in [3.63, 3.8) is 0 Å². The van der Waals surface area contributed by atoms with Crippen molar-refractivity contribution in [3.8, 4) is 0 Å². The van der Waals surface area contributed by atoms with E-state index in [-0.39, 0.29) is 0 Å². The largest absolute Gasteiger partial charge is 0.338 e. The predicted octanol–water partition coefficient (Wildman–Crippen LogP) is 2.43. The van der Waals surface area contributed by atoms with E-state index in [0.717, 1.165) is 22.3 Å². The molecule has 1 fully saturated rings. The molecule has 2 heterocycles. The van der Waals surface area contributed by atoms with Crippen LogP contribution in [0.5, 0.6) is 0 Å². The van der Waals surface area contributed by atoms with E-state index in [9.17, 15) is 8.42 Å². The van der Waals surface area contributed by atoms with Crippen LogP contribution in [-0.4, -0.2) is 53.9 Å². The minimum Gasteiger partial charge on any atom is -0.338 e. The van der Waals surface area contributed by atoms with Crippen molar-refractivity contribution >= 4 is 10.0 Å². The molecule has 0 N–H and O–H groups in total. The van der Waals surface area contributed by atoms with Crippen LogP contribution in [0.2, 0.25) is 0 Å². The molecular formula is C19H28N4O3S. The van der Waals surface area contributed by atoms with Crippen LogP contribution in [0.15, 0.2) is 9.42 Å². The summed E-state index contributed by atoms with van der Waals surface area (Å²) in [5.41, 5.74) is 5.01. The number of rotatable bonds is 4. The molecule has 8 heteroatoms. The van der Waals surface area contributed by atoms with Gasteiger partial charge in [-0.05, 0) is 69.4 Å². The van der Waals surface area contributed by atoms with Gasteiger partial charge in [0.15, 0.2) is 5.82 Å². The third kappa shape index (κ3) is 3.66. The summed E-state index contributed by atoms with van der Waals surface area (Å²) in [5.74, 6) is 1.18. The maximum Gasteiger partial charge on any atom is 0.243 e. The molecule has 1 aromatic heterocycles. The monoisotopic (exact) mass is 392 g/mol. The molecule has 0 spiro atoms. The maximum absolute atomic E-state index is 13.4. The fourth-order valence-electron chi connectivity index (χ4n) is 3.71. The molecule has 0 saturated carbocycles. The minimum absolute atomic E-state index is 0.459. The molecule has 1 aliphatic rings. The molecule has 1 aliphatic heterocycles. The van der Waals surface area contributed by atoms with E-state index in [4.69, 9.17) is 4.52 Å². The summed E-state index contributed by atoms with van der Waals surface area (Å²) in [6.07, 6.45) is 0. The summed E-state index contributed by atoms with van der Waals surface area (Å²) in [6, 6.07) is 0. The van der Waals surface area contributed by atoms with Gasteiger partial charge in [0, 0.05) is 26.2 Å². The Morgan fingerprint density at radius 3 is 1.85 bits per heavy atom. The fraction of sp³-hybridized carbons (Fsp3) is 0.579. The summed E-state index contributed by atoms with van der Waals surface area (Å²) in [6.45, 7) is 14.4. The maximum atomic E-state index is 13.4. The van der Waals surface area contributed by atoms with E-state index in [1.165, 1.54) is 5.56 Å². The van der Waals surface area contributed by atoms with E-state index in [0.29, 0.717) is 49.3 Å². The van der Waals surface area contributed by atoms with E-state index in [2.05, 4.69) is 22.0 Å². The van der Waals surface area contributed by atoms with Crippen LogP contribution < -0.4 is 0 Å². The molecule has 7 nitrogen and oxygen atoms in total. The minimum atomic E-state index is -3.52. The molecule has 27 heavy (non-hydrogen) atoms. The molecule has 1 saturated heterocycles. The highest BCUT2D eigenvalue weighted by Gasteiger charge is 2.32. The van der Waals surface area contributed by atoms with Gasteiger partial charge in [-0.2, -0.15) is 9.29 Å². The SMILES string of the molecule is Cc1noc(CN2CCN(S(=O)(=O)c3c(C)c(C)c(C)c(C)c3C)CC2)n1. The smallest absolute Gasteiger partial charge is 0.243 e. The molecular weight excluding hydrogens is 364 g/mol. The van der Waals surface area contributed by atoms with Crippen molar-refractivity contribution in [1.82, 2.24) is 19.3 Å². The Labute approximate surface area is 161 Å². The van der Waals surface area contributed by atoms with Gasteiger partial charge in [-0.15, -0.1) is 0 Å². The number of aryl methyl sites for hydroxylation is 1. The van der Waals surface area contributed by atoms with E-state index in [1.54, 1.807) is 11.2 Å². The van der Waals surface area contributed by atoms with Crippen molar-refractivity contribution in [2.45, 2.75) is 53.0 Å². The first kappa shape index (κ1) is 20.0. The van der Waals surface area contributed by atoms with Crippen LogP contribution >= 0.6 is 0 Å². The Morgan fingerprint density at radius 2 is 1.37 bits per heavy atom. The molecule has 3 rings (SSSR count). The predicted molar refractivity (Wildman–Crippen MR) is 103 cm³/mol. The lowest BCUT2D eigenvalue weighted by atomic mass is 9.95. The zero-order chi connectivity index (χ0) is 19.9. The highest BCUT2D eigenvalue weighted by atomic mass is 32.2. The van der Waals surface area contributed by atoms with Gasteiger partial charge in [-0.25, -0.2) is 8.42 Å². The average Bonchev–Trinajstić information content (AvgIpc) is 3.03. The molecule has 0 bridgehead atoms.